The van der Waals surface area contributed by atoms with E-state index in [4.69, 9.17) is 14.2 Å². The van der Waals surface area contributed by atoms with Crippen molar-refractivity contribution in [2.75, 3.05) is 45.4 Å². The minimum Gasteiger partial charge on any atom is -0.493 e. The number of para-hydroxylation sites is 1. The second-order valence-corrected chi connectivity index (χ2v) is 5.46. The molecule has 2 aromatic rings. The monoisotopic (exact) mass is 331 g/mol. The third-order valence-corrected chi connectivity index (χ3v) is 4.04. The number of benzene rings is 1. The Hall–Kier alpha value is -2.54. The van der Waals surface area contributed by atoms with Gasteiger partial charge in [-0.25, -0.2) is 4.68 Å². The molecule has 128 valence electrons. The standard InChI is InChI=1S/C17H21N3O4/c1-22-15-5-3-4-13(17(15)23-2)12-20-16(21)10-14(11-18-20)19-6-8-24-9-7-19/h3-5,10-11H,6-9,12H2,1-2H3. The van der Waals surface area contributed by atoms with Crippen molar-refractivity contribution in [2.24, 2.45) is 0 Å². The molecule has 1 aromatic carbocycles. The maximum Gasteiger partial charge on any atom is 0.269 e. The van der Waals surface area contributed by atoms with E-state index < -0.39 is 0 Å². The molecule has 1 aromatic heterocycles. The van der Waals surface area contributed by atoms with E-state index >= 15 is 0 Å². The van der Waals surface area contributed by atoms with Gasteiger partial charge in [0.2, 0.25) is 0 Å². The van der Waals surface area contributed by atoms with Crippen LogP contribution < -0.4 is 19.9 Å². The predicted molar refractivity (Wildman–Crippen MR) is 90.2 cm³/mol. The third kappa shape index (κ3) is 3.35. The lowest BCUT2D eigenvalue weighted by Gasteiger charge is -2.28. The van der Waals surface area contributed by atoms with Crippen LogP contribution in [0.25, 0.3) is 0 Å². The molecule has 24 heavy (non-hydrogen) atoms. The van der Waals surface area contributed by atoms with Gasteiger partial charge in [0.15, 0.2) is 11.5 Å². The Morgan fingerprint density at radius 1 is 1.21 bits per heavy atom. The fraction of sp³-hybridized carbons (Fsp3) is 0.412. The average Bonchev–Trinajstić information content (AvgIpc) is 2.63. The van der Waals surface area contributed by atoms with Crippen molar-refractivity contribution in [1.29, 1.82) is 0 Å². The molecule has 3 rings (SSSR count). The zero-order chi connectivity index (χ0) is 16.9. The minimum atomic E-state index is -0.149. The fourth-order valence-electron chi connectivity index (χ4n) is 2.78. The highest BCUT2D eigenvalue weighted by atomic mass is 16.5. The summed E-state index contributed by atoms with van der Waals surface area (Å²) in [7, 11) is 3.17. The molecule has 7 nitrogen and oxygen atoms in total. The molecule has 1 aliphatic rings. The molecule has 0 atom stereocenters. The Morgan fingerprint density at radius 2 is 2.00 bits per heavy atom. The quantitative estimate of drug-likeness (QED) is 0.819. The van der Waals surface area contributed by atoms with Crippen molar-refractivity contribution in [2.45, 2.75) is 6.54 Å². The van der Waals surface area contributed by atoms with Gasteiger partial charge in [0, 0.05) is 24.7 Å². The van der Waals surface area contributed by atoms with Gasteiger partial charge in [-0.2, -0.15) is 5.10 Å². The smallest absolute Gasteiger partial charge is 0.269 e. The number of aromatic nitrogens is 2. The van der Waals surface area contributed by atoms with E-state index in [2.05, 4.69) is 10.00 Å². The molecule has 0 aliphatic carbocycles. The maximum atomic E-state index is 12.4. The topological polar surface area (TPSA) is 65.8 Å². The van der Waals surface area contributed by atoms with Crippen molar-refractivity contribution >= 4 is 5.69 Å². The Morgan fingerprint density at radius 3 is 2.67 bits per heavy atom. The van der Waals surface area contributed by atoms with E-state index in [1.54, 1.807) is 26.5 Å². The van der Waals surface area contributed by atoms with E-state index in [1.165, 1.54) is 4.68 Å². The number of morpholine rings is 1. The first-order chi connectivity index (χ1) is 11.7. The molecule has 1 fully saturated rings. The van der Waals surface area contributed by atoms with E-state index in [-0.39, 0.29) is 5.56 Å². The molecule has 0 unspecified atom stereocenters. The number of hydrogen-bond donors (Lipinski definition) is 0. The number of methoxy groups -OCH3 is 2. The van der Waals surface area contributed by atoms with Crippen molar-refractivity contribution in [3.63, 3.8) is 0 Å². The summed E-state index contributed by atoms with van der Waals surface area (Å²) in [4.78, 5) is 14.5. The maximum absolute atomic E-state index is 12.4. The first-order valence-corrected chi connectivity index (χ1v) is 7.82. The highest BCUT2D eigenvalue weighted by molar-refractivity contribution is 5.47. The van der Waals surface area contributed by atoms with Crippen LogP contribution in [-0.2, 0) is 11.3 Å². The summed E-state index contributed by atoms with van der Waals surface area (Å²) in [6.45, 7) is 3.21. The molecule has 1 aliphatic heterocycles. The van der Waals surface area contributed by atoms with Crippen molar-refractivity contribution in [1.82, 2.24) is 9.78 Å². The summed E-state index contributed by atoms with van der Waals surface area (Å²) >= 11 is 0. The van der Waals surface area contributed by atoms with Crippen LogP contribution in [0.5, 0.6) is 11.5 Å². The predicted octanol–water partition coefficient (Wildman–Crippen LogP) is 1.15. The lowest BCUT2D eigenvalue weighted by atomic mass is 10.2. The second kappa shape index (κ2) is 7.35. The van der Waals surface area contributed by atoms with Gasteiger partial charge in [-0.3, -0.25) is 4.79 Å². The number of nitrogens with zero attached hydrogens (tertiary/aromatic N) is 3. The van der Waals surface area contributed by atoms with Crippen LogP contribution in [0.15, 0.2) is 35.3 Å². The van der Waals surface area contributed by atoms with Gasteiger partial charge in [0.25, 0.3) is 5.56 Å². The summed E-state index contributed by atoms with van der Waals surface area (Å²) in [5.74, 6) is 1.25. The highest BCUT2D eigenvalue weighted by Crippen LogP contribution is 2.30. The summed E-state index contributed by atoms with van der Waals surface area (Å²) in [6, 6.07) is 7.19. The number of anilines is 1. The molecule has 0 radical (unpaired) electrons. The Balaban J connectivity index is 1.85. The van der Waals surface area contributed by atoms with Gasteiger partial charge < -0.3 is 19.1 Å². The Kier molecular flexibility index (Phi) is 5.00. The van der Waals surface area contributed by atoms with Gasteiger partial charge in [0.1, 0.15) is 0 Å². The van der Waals surface area contributed by atoms with E-state index in [9.17, 15) is 4.79 Å². The molecule has 0 spiro atoms. The van der Waals surface area contributed by atoms with Crippen LogP contribution in [-0.4, -0.2) is 50.3 Å². The van der Waals surface area contributed by atoms with E-state index in [0.29, 0.717) is 31.3 Å². The number of hydrogen-bond acceptors (Lipinski definition) is 6. The first-order valence-electron chi connectivity index (χ1n) is 7.82. The highest BCUT2D eigenvalue weighted by Gasteiger charge is 2.14. The zero-order valence-electron chi connectivity index (χ0n) is 13.9. The van der Waals surface area contributed by atoms with Crippen LogP contribution in [0.4, 0.5) is 5.69 Å². The molecular formula is C17H21N3O4. The largest absolute Gasteiger partial charge is 0.493 e. The van der Waals surface area contributed by atoms with Crippen LogP contribution in [0.3, 0.4) is 0 Å². The summed E-state index contributed by atoms with van der Waals surface area (Å²) < 4.78 is 17.4. The molecule has 2 heterocycles. The minimum absolute atomic E-state index is 0.149. The van der Waals surface area contributed by atoms with Gasteiger partial charge >= 0.3 is 0 Å². The van der Waals surface area contributed by atoms with E-state index in [1.807, 2.05) is 18.2 Å². The summed E-state index contributed by atoms with van der Waals surface area (Å²) in [5.41, 5.74) is 1.52. The number of ether oxygens (including phenoxy) is 3. The van der Waals surface area contributed by atoms with Crippen LogP contribution in [0.1, 0.15) is 5.56 Å². The van der Waals surface area contributed by atoms with Crippen LogP contribution in [0, 0.1) is 0 Å². The van der Waals surface area contributed by atoms with E-state index in [0.717, 1.165) is 24.3 Å². The summed E-state index contributed by atoms with van der Waals surface area (Å²) in [6.07, 6.45) is 1.72. The van der Waals surface area contributed by atoms with Crippen molar-refractivity contribution in [3.8, 4) is 11.5 Å². The zero-order valence-corrected chi connectivity index (χ0v) is 13.9. The molecular weight excluding hydrogens is 310 g/mol. The molecule has 0 bridgehead atoms. The normalized spacial score (nSPS) is 14.5. The van der Waals surface area contributed by atoms with Gasteiger partial charge in [-0.15, -0.1) is 0 Å². The fourth-order valence-corrected chi connectivity index (χ4v) is 2.78. The van der Waals surface area contributed by atoms with Gasteiger partial charge in [-0.05, 0) is 6.07 Å². The first kappa shape index (κ1) is 16.3. The Labute approximate surface area is 140 Å². The van der Waals surface area contributed by atoms with Crippen LogP contribution >= 0.6 is 0 Å². The van der Waals surface area contributed by atoms with Crippen LogP contribution in [0.2, 0.25) is 0 Å². The lowest BCUT2D eigenvalue weighted by Crippen LogP contribution is -2.37. The third-order valence-electron chi connectivity index (χ3n) is 4.04. The molecule has 0 N–H and O–H groups in total. The number of rotatable bonds is 5. The second-order valence-electron chi connectivity index (χ2n) is 5.46. The van der Waals surface area contributed by atoms with Gasteiger partial charge in [0.05, 0.1) is 45.9 Å². The molecule has 0 saturated carbocycles. The average molecular weight is 331 g/mol. The van der Waals surface area contributed by atoms with Crippen molar-refractivity contribution < 1.29 is 14.2 Å². The molecule has 0 amide bonds. The Bertz CT molecular complexity index is 754. The molecule has 1 saturated heterocycles. The molecule has 7 heteroatoms. The SMILES string of the molecule is COc1cccc(Cn2ncc(N3CCOCC3)cc2=O)c1OC. The van der Waals surface area contributed by atoms with Crippen molar-refractivity contribution in [3.05, 3.63) is 46.4 Å². The van der Waals surface area contributed by atoms with Gasteiger partial charge in [-0.1, -0.05) is 12.1 Å². The lowest BCUT2D eigenvalue weighted by molar-refractivity contribution is 0.122. The summed E-state index contributed by atoms with van der Waals surface area (Å²) in [5, 5.41) is 4.30.